The number of hydrogen-bond donors (Lipinski definition) is 2. The van der Waals surface area contributed by atoms with Gasteiger partial charge in [0.05, 0.1) is 18.1 Å². The molecule has 0 aliphatic carbocycles. The van der Waals surface area contributed by atoms with E-state index in [1.54, 1.807) is 12.4 Å². The highest BCUT2D eigenvalue weighted by Crippen LogP contribution is 2.26. The van der Waals surface area contributed by atoms with Crippen LogP contribution in [0.5, 0.6) is 11.5 Å². The fourth-order valence-corrected chi connectivity index (χ4v) is 1.90. The Morgan fingerprint density at radius 3 is 2.90 bits per heavy atom. The number of aliphatic hydroxyl groups excluding tert-OH is 1. The molecule has 106 valence electrons. The lowest BCUT2D eigenvalue weighted by molar-refractivity contribution is 0.298. The molecular weight excluding hydrogens is 252 g/mol. The molecule has 0 aliphatic heterocycles. The Kier molecular flexibility index (Phi) is 5.38. The summed E-state index contributed by atoms with van der Waals surface area (Å²) in [7, 11) is 0. The zero-order valence-electron chi connectivity index (χ0n) is 11.7. The minimum atomic E-state index is 0.108. The molecule has 0 bridgehead atoms. The topological polar surface area (TPSA) is 54.4 Å². The fourth-order valence-electron chi connectivity index (χ4n) is 1.90. The summed E-state index contributed by atoms with van der Waals surface area (Å²) in [6.07, 6.45) is 5.11. The van der Waals surface area contributed by atoms with Crippen LogP contribution in [0.25, 0.3) is 0 Å². The van der Waals surface area contributed by atoms with Crippen molar-refractivity contribution in [3.8, 4) is 11.5 Å². The van der Waals surface area contributed by atoms with E-state index in [0.29, 0.717) is 12.2 Å². The lowest BCUT2D eigenvalue weighted by Crippen LogP contribution is -2.00. The van der Waals surface area contributed by atoms with Crippen LogP contribution in [0.2, 0.25) is 0 Å². The first kappa shape index (κ1) is 14.3. The predicted molar refractivity (Wildman–Crippen MR) is 80.3 cm³/mol. The van der Waals surface area contributed by atoms with Crippen LogP contribution < -0.4 is 10.1 Å². The molecule has 0 radical (unpaired) electrons. The van der Waals surface area contributed by atoms with Crippen LogP contribution in [0.4, 0.5) is 5.69 Å². The number of anilines is 1. The van der Waals surface area contributed by atoms with Crippen LogP contribution in [0.3, 0.4) is 0 Å². The average Bonchev–Trinajstić information content (AvgIpc) is 2.48. The lowest BCUT2D eigenvalue weighted by atomic mass is 10.1. The van der Waals surface area contributed by atoms with Gasteiger partial charge < -0.3 is 15.2 Å². The minimum Gasteiger partial charge on any atom is -0.455 e. The van der Waals surface area contributed by atoms with Gasteiger partial charge in [-0.2, -0.15) is 0 Å². The van der Waals surface area contributed by atoms with Crippen LogP contribution in [0, 0.1) is 0 Å². The third-order valence-electron chi connectivity index (χ3n) is 2.87. The molecule has 2 aromatic rings. The standard InChI is InChI=1S/C16H20N2O2/c1-2-8-18-14-10-15(12-17-11-14)20-16-6-4-3-5-13(16)7-9-19/h3-6,10-12,18-19H,2,7-9H2,1H3. The van der Waals surface area contributed by atoms with Crippen molar-refractivity contribution in [2.24, 2.45) is 0 Å². The lowest BCUT2D eigenvalue weighted by Gasteiger charge is -2.11. The summed E-state index contributed by atoms with van der Waals surface area (Å²) in [5, 5.41) is 12.4. The first-order valence-corrected chi connectivity index (χ1v) is 6.89. The molecule has 2 rings (SSSR count). The van der Waals surface area contributed by atoms with Gasteiger partial charge >= 0.3 is 0 Å². The summed E-state index contributed by atoms with van der Waals surface area (Å²) in [6, 6.07) is 9.64. The Labute approximate surface area is 119 Å². The Morgan fingerprint density at radius 2 is 2.10 bits per heavy atom. The molecule has 4 heteroatoms. The zero-order valence-corrected chi connectivity index (χ0v) is 11.7. The normalized spacial score (nSPS) is 10.3. The molecule has 20 heavy (non-hydrogen) atoms. The van der Waals surface area contributed by atoms with E-state index in [2.05, 4.69) is 17.2 Å². The number of rotatable bonds is 7. The van der Waals surface area contributed by atoms with Crippen molar-refractivity contribution < 1.29 is 9.84 Å². The van der Waals surface area contributed by atoms with Crippen LogP contribution in [-0.2, 0) is 6.42 Å². The third kappa shape index (κ3) is 3.96. The maximum absolute atomic E-state index is 9.07. The molecular formula is C16H20N2O2. The fraction of sp³-hybridized carbons (Fsp3) is 0.312. The van der Waals surface area contributed by atoms with Gasteiger partial charge in [0.25, 0.3) is 0 Å². The molecule has 0 saturated heterocycles. The van der Waals surface area contributed by atoms with Crippen LogP contribution in [-0.4, -0.2) is 23.2 Å². The van der Waals surface area contributed by atoms with E-state index in [1.165, 1.54) is 0 Å². The molecule has 2 N–H and O–H groups in total. The first-order valence-electron chi connectivity index (χ1n) is 6.89. The first-order chi connectivity index (χ1) is 9.83. The molecule has 0 amide bonds. The van der Waals surface area contributed by atoms with Crippen molar-refractivity contribution in [1.82, 2.24) is 4.98 Å². The Morgan fingerprint density at radius 1 is 1.25 bits per heavy atom. The van der Waals surface area contributed by atoms with E-state index in [1.807, 2.05) is 30.3 Å². The number of benzene rings is 1. The van der Waals surface area contributed by atoms with Crippen LogP contribution in [0.1, 0.15) is 18.9 Å². The average molecular weight is 272 g/mol. The van der Waals surface area contributed by atoms with Gasteiger partial charge in [-0.3, -0.25) is 4.98 Å². The summed E-state index contributed by atoms with van der Waals surface area (Å²) in [6.45, 7) is 3.13. The molecule has 1 aromatic carbocycles. The number of hydrogen-bond acceptors (Lipinski definition) is 4. The number of para-hydroxylation sites is 1. The van der Waals surface area contributed by atoms with Gasteiger partial charge in [-0.05, 0) is 24.5 Å². The van der Waals surface area contributed by atoms with Gasteiger partial charge in [0.1, 0.15) is 11.5 Å². The molecule has 1 heterocycles. The number of aromatic nitrogens is 1. The molecule has 0 fully saturated rings. The van der Waals surface area contributed by atoms with E-state index in [-0.39, 0.29) is 6.61 Å². The highest BCUT2D eigenvalue weighted by atomic mass is 16.5. The summed E-state index contributed by atoms with van der Waals surface area (Å²) >= 11 is 0. The largest absolute Gasteiger partial charge is 0.455 e. The highest BCUT2D eigenvalue weighted by molar-refractivity contribution is 5.47. The van der Waals surface area contributed by atoms with Gasteiger partial charge in [-0.25, -0.2) is 0 Å². The van der Waals surface area contributed by atoms with Crippen LogP contribution in [0.15, 0.2) is 42.7 Å². The quantitative estimate of drug-likeness (QED) is 0.812. The smallest absolute Gasteiger partial charge is 0.147 e. The maximum atomic E-state index is 9.07. The second kappa shape index (κ2) is 7.50. The zero-order chi connectivity index (χ0) is 14.2. The Hall–Kier alpha value is -2.07. The maximum Gasteiger partial charge on any atom is 0.147 e. The molecule has 1 aromatic heterocycles. The van der Waals surface area contributed by atoms with Crippen molar-refractivity contribution in [1.29, 1.82) is 0 Å². The molecule has 0 atom stereocenters. The number of pyridine rings is 1. The third-order valence-corrected chi connectivity index (χ3v) is 2.87. The van der Waals surface area contributed by atoms with Crippen LogP contribution >= 0.6 is 0 Å². The molecule has 0 spiro atoms. The summed E-state index contributed by atoms with van der Waals surface area (Å²) in [5.74, 6) is 1.45. The molecule has 0 unspecified atom stereocenters. The summed E-state index contributed by atoms with van der Waals surface area (Å²) < 4.78 is 5.87. The SMILES string of the molecule is CCCNc1cncc(Oc2ccccc2CCO)c1. The monoisotopic (exact) mass is 272 g/mol. The van der Waals surface area contributed by atoms with E-state index < -0.39 is 0 Å². The van der Waals surface area contributed by atoms with Crippen molar-refractivity contribution in [3.63, 3.8) is 0 Å². The summed E-state index contributed by atoms with van der Waals surface area (Å²) in [4.78, 5) is 4.17. The van der Waals surface area contributed by atoms with Crippen molar-refractivity contribution in [3.05, 3.63) is 48.3 Å². The van der Waals surface area contributed by atoms with Gasteiger partial charge in [0.15, 0.2) is 0 Å². The predicted octanol–water partition coefficient (Wildman–Crippen LogP) is 3.23. The van der Waals surface area contributed by atoms with E-state index >= 15 is 0 Å². The second-order valence-corrected chi connectivity index (χ2v) is 4.52. The van der Waals surface area contributed by atoms with E-state index in [0.717, 1.165) is 30.0 Å². The minimum absolute atomic E-state index is 0.108. The molecule has 4 nitrogen and oxygen atoms in total. The van der Waals surface area contributed by atoms with Gasteiger partial charge in [0.2, 0.25) is 0 Å². The Balaban J connectivity index is 2.13. The van der Waals surface area contributed by atoms with E-state index in [4.69, 9.17) is 9.84 Å². The summed E-state index contributed by atoms with van der Waals surface area (Å²) in [5.41, 5.74) is 1.94. The second-order valence-electron chi connectivity index (χ2n) is 4.52. The highest BCUT2D eigenvalue weighted by Gasteiger charge is 2.05. The Bertz CT molecular complexity index is 544. The molecule has 0 saturated carbocycles. The number of nitrogens with one attached hydrogen (secondary N) is 1. The van der Waals surface area contributed by atoms with Gasteiger partial charge in [0, 0.05) is 19.2 Å². The number of aliphatic hydroxyl groups is 1. The molecule has 0 aliphatic rings. The number of nitrogens with zero attached hydrogens (tertiary/aromatic N) is 1. The van der Waals surface area contributed by atoms with Gasteiger partial charge in [-0.1, -0.05) is 25.1 Å². The van der Waals surface area contributed by atoms with E-state index in [9.17, 15) is 0 Å². The van der Waals surface area contributed by atoms with Crippen molar-refractivity contribution in [2.75, 3.05) is 18.5 Å². The number of ether oxygens (including phenoxy) is 1. The van der Waals surface area contributed by atoms with Crippen molar-refractivity contribution in [2.45, 2.75) is 19.8 Å². The van der Waals surface area contributed by atoms with Crippen molar-refractivity contribution >= 4 is 5.69 Å². The van der Waals surface area contributed by atoms with Gasteiger partial charge in [-0.15, -0.1) is 0 Å².